The van der Waals surface area contributed by atoms with Crippen molar-refractivity contribution in [2.24, 2.45) is 0 Å². The van der Waals surface area contributed by atoms with Crippen molar-refractivity contribution in [2.75, 3.05) is 26.2 Å². The molecule has 0 amide bonds. The zero-order valence-electron chi connectivity index (χ0n) is 8.67. The van der Waals surface area contributed by atoms with Crippen molar-refractivity contribution in [3.05, 3.63) is 35.6 Å². The lowest BCUT2D eigenvalue weighted by atomic mass is 10.2. The first kappa shape index (κ1) is 12.1. The molecule has 0 aliphatic rings. The van der Waals surface area contributed by atoms with Crippen LogP contribution in [0.2, 0.25) is 0 Å². The average Bonchev–Trinajstić information content (AvgIpc) is 2.25. The summed E-state index contributed by atoms with van der Waals surface area (Å²) in [6, 6.07) is 6.73. The van der Waals surface area contributed by atoms with E-state index in [9.17, 15) is 4.39 Å². The SMILES string of the molecule is OCCNCCNCc1ccccc1F. The third-order valence-corrected chi connectivity index (χ3v) is 2.04. The van der Waals surface area contributed by atoms with Gasteiger partial charge in [-0.25, -0.2) is 4.39 Å². The molecule has 0 radical (unpaired) electrons. The molecular formula is C11H17FN2O. The molecule has 0 fully saturated rings. The summed E-state index contributed by atoms with van der Waals surface area (Å²) in [5, 5.41) is 14.7. The summed E-state index contributed by atoms with van der Waals surface area (Å²) in [5.74, 6) is -0.173. The van der Waals surface area contributed by atoms with Gasteiger partial charge in [0.1, 0.15) is 5.82 Å². The fourth-order valence-electron chi connectivity index (χ4n) is 1.25. The largest absolute Gasteiger partial charge is 0.395 e. The van der Waals surface area contributed by atoms with Crippen molar-refractivity contribution >= 4 is 0 Å². The second-order valence-electron chi connectivity index (χ2n) is 3.24. The van der Waals surface area contributed by atoms with Crippen molar-refractivity contribution in [3.8, 4) is 0 Å². The summed E-state index contributed by atoms with van der Waals surface area (Å²) in [6.07, 6.45) is 0. The van der Waals surface area contributed by atoms with Crippen LogP contribution in [0.1, 0.15) is 5.56 Å². The molecule has 0 saturated heterocycles. The first-order chi connectivity index (χ1) is 7.34. The van der Waals surface area contributed by atoms with Crippen LogP contribution in [0.4, 0.5) is 4.39 Å². The molecule has 1 aromatic rings. The van der Waals surface area contributed by atoms with Crippen molar-refractivity contribution in [1.82, 2.24) is 10.6 Å². The van der Waals surface area contributed by atoms with Crippen LogP contribution in [-0.2, 0) is 6.54 Å². The number of benzene rings is 1. The normalized spacial score (nSPS) is 10.5. The van der Waals surface area contributed by atoms with E-state index in [2.05, 4.69) is 10.6 Å². The number of aliphatic hydroxyl groups is 1. The second-order valence-corrected chi connectivity index (χ2v) is 3.24. The molecule has 15 heavy (non-hydrogen) atoms. The maximum atomic E-state index is 13.1. The number of hydrogen-bond acceptors (Lipinski definition) is 3. The Kier molecular flexibility index (Phi) is 5.92. The van der Waals surface area contributed by atoms with E-state index in [1.165, 1.54) is 6.07 Å². The highest BCUT2D eigenvalue weighted by Crippen LogP contribution is 2.04. The molecular weight excluding hydrogens is 195 g/mol. The number of aliphatic hydroxyl groups excluding tert-OH is 1. The van der Waals surface area contributed by atoms with Gasteiger partial charge in [-0.1, -0.05) is 18.2 Å². The molecule has 3 N–H and O–H groups in total. The summed E-state index contributed by atoms with van der Waals surface area (Å²) in [4.78, 5) is 0. The van der Waals surface area contributed by atoms with Crippen LogP contribution in [-0.4, -0.2) is 31.3 Å². The van der Waals surface area contributed by atoms with Gasteiger partial charge in [-0.15, -0.1) is 0 Å². The lowest BCUT2D eigenvalue weighted by Crippen LogP contribution is -2.29. The summed E-state index contributed by atoms with van der Waals surface area (Å²) in [7, 11) is 0. The van der Waals surface area contributed by atoms with Crippen LogP contribution in [0.15, 0.2) is 24.3 Å². The molecule has 3 nitrogen and oxygen atoms in total. The Morgan fingerprint density at radius 2 is 1.80 bits per heavy atom. The van der Waals surface area contributed by atoms with Crippen molar-refractivity contribution in [2.45, 2.75) is 6.54 Å². The molecule has 0 spiro atoms. The Bertz CT molecular complexity index is 281. The van der Waals surface area contributed by atoms with Crippen LogP contribution >= 0.6 is 0 Å². The lowest BCUT2D eigenvalue weighted by Gasteiger charge is -2.06. The topological polar surface area (TPSA) is 44.3 Å². The molecule has 0 bridgehead atoms. The third kappa shape index (κ3) is 4.88. The minimum absolute atomic E-state index is 0.146. The summed E-state index contributed by atoms with van der Waals surface area (Å²) in [6.45, 7) is 2.81. The van der Waals surface area contributed by atoms with E-state index < -0.39 is 0 Å². The molecule has 1 aromatic carbocycles. The van der Waals surface area contributed by atoms with Crippen molar-refractivity contribution in [1.29, 1.82) is 0 Å². The van der Waals surface area contributed by atoms with Gasteiger partial charge in [-0.05, 0) is 6.07 Å². The van der Waals surface area contributed by atoms with Gasteiger partial charge in [0.15, 0.2) is 0 Å². The number of rotatable bonds is 7. The second kappa shape index (κ2) is 7.34. The molecule has 84 valence electrons. The zero-order chi connectivity index (χ0) is 10.9. The van der Waals surface area contributed by atoms with E-state index in [1.807, 2.05) is 6.07 Å². The number of halogens is 1. The highest BCUT2D eigenvalue weighted by molar-refractivity contribution is 5.16. The van der Waals surface area contributed by atoms with Crippen molar-refractivity contribution in [3.63, 3.8) is 0 Å². The summed E-state index contributed by atoms with van der Waals surface area (Å²) >= 11 is 0. The van der Waals surface area contributed by atoms with E-state index >= 15 is 0 Å². The molecule has 0 aliphatic heterocycles. The van der Waals surface area contributed by atoms with Gasteiger partial charge in [0, 0.05) is 31.7 Å². The van der Waals surface area contributed by atoms with Gasteiger partial charge in [0.05, 0.1) is 6.61 Å². The van der Waals surface area contributed by atoms with Gasteiger partial charge in [-0.2, -0.15) is 0 Å². The van der Waals surface area contributed by atoms with Crippen LogP contribution in [0, 0.1) is 5.82 Å². The van der Waals surface area contributed by atoms with Gasteiger partial charge in [0.2, 0.25) is 0 Å². The number of nitrogens with one attached hydrogen (secondary N) is 2. The lowest BCUT2D eigenvalue weighted by molar-refractivity contribution is 0.292. The van der Waals surface area contributed by atoms with Gasteiger partial charge in [-0.3, -0.25) is 0 Å². The van der Waals surface area contributed by atoms with Gasteiger partial charge in [0.25, 0.3) is 0 Å². The van der Waals surface area contributed by atoms with E-state index in [4.69, 9.17) is 5.11 Å². The zero-order valence-corrected chi connectivity index (χ0v) is 8.67. The Morgan fingerprint density at radius 3 is 2.53 bits per heavy atom. The van der Waals surface area contributed by atoms with Crippen LogP contribution in [0.3, 0.4) is 0 Å². The van der Waals surface area contributed by atoms with E-state index in [0.717, 1.165) is 13.1 Å². The molecule has 0 aliphatic carbocycles. The summed E-state index contributed by atoms with van der Waals surface area (Å²) in [5.41, 5.74) is 0.680. The first-order valence-corrected chi connectivity index (χ1v) is 5.10. The maximum absolute atomic E-state index is 13.1. The van der Waals surface area contributed by atoms with Gasteiger partial charge >= 0.3 is 0 Å². The molecule has 0 aromatic heterocycles. The molecule has 0 atom stereocenters. The van der Waals surface area contributed by atoms with Crippen LogP contribution in [0.25, 0.3) is 0 Å². The van der Waals surface area contributed by atoms with Gasteiger partial charge < -0.3 is 15.7 Å². The minimum Gasteiger partial charge on any atom is -0.395 e. The smallest absolute Gasteiger partial charge is 0.127 e. The molecule has 4 heteroatoms. The molecule has 1 rings (SSSR count). The quantitative estimate of drug-likeness (QED) is 0.577. The number of hydrogen-bond donors (Lipinski definition) is 3. The molecule has 0 heterocycles. The Hall–Kier alpha value is -0.970. The van der Waals surface area contributed by atoms with E-state index in [1.54, 1.807) is 12.1 Å². The van der Waals surface area contributed by atoms with E-state index in [0.29, 0.717) is 18.7 Å². The highest BCUT2D eigenvalue weighted by atomic mass is 19.1. The Labute approximate surface area is 89.3 Å². The third-order valence-electron chi connectivity index (χ3n) is 2.04. The Balaban J connectivity index is 2.12. The fourth-order valence-corrected chi connectivity index (χ4v) is 1.25. The molecule has 0 unspecified atom stereocenters. The predicted molar refractivity (Wildman–Crippen MR) is 58.1 cm³/mol. The van der Waals surface area contributed by atoms with Crippen molar-refractivity contribution < 1.29 is 9.50 Å². The van der Waals surface area contributed by atoms with E-state index in [-0.39, 0.29) is 12.4 Å². The predicted octanol–water partition coefficient (Wildman–Crippen LogP) is 0.497. The first-order valence-electron chi connectivity index (χ1n) is 5.10. The summed E-state index contributed by atoms with van der Waals surface area (Å²) < 4.78 is 13.1. The van der Waals surface area contributed by atoms with Crippen LogP contribution in [0.5, 0.6) is 0 Å². The fraction of sp³-hybridized carbons (Fsp3) is 0.455. The minimum atomic E-state index is -0.173. The molecule has 0 saturated carbocycles. The van der Waals surface area contributed by atoms with Crippen LogP contribution < -0.4 is 10.6 Å². The standard InChI is InChI=1S/C11H17FN2O/c12-11-4-2-1-3-10(11)9-14-6-5-13-7-8-15/h1-4,13-15H,5-9H2. The highest BCUT2D eigenvalue weighted by Gasteiger charge is 1.98. The monoisotopic (exact) mass is 212 g/mol. The Morgan fingerprint density at radius 1 is 1.07 bits per heavy atom. The maximum Gasteiger partial charge on any atom is 0.127 e. The average molecular weight is 212 g/mol.